The van der Waals surface area contributed by atoms with Crippen molar-refractivity contribution < 1.29 is 14.3 Å². The lowest BCUT2D eigenvalue weighted by Crippen LogP contribution is -2.48. The first-order valence-corrected chi connectivity index (χ1v) is 8.06. The van der Waals surface area contributed by atoms with Gasteiger partial charge in [-0.2, -0.15) is 0 Å². The molecule has 1 aromatic rings. The largest absolute Gasteiger partial charge is 0.393 e. The fourth-order valence-electron chi connectivity index (χ4n) is 3.63. The third kappa shape index (κ3) is 2.88. The van der Waals surface area contributed by atoms with Gasteiger partial charge in [-0.25, -0.2) is 4.39 Å². The Kier molecular flexibility index (Phi) is 4.45. The van der Waals surface area contributed by atoms with Crippen molar-refractivity contribution in [1.29, 1.82) is 0 Å². The van der Waals surface area contributed by atoms with Gasteiger partial charge in [-0.05, 0) is 50.8 Å². The first-order chi connectivity index (χ1) is 10.6. The third-order valence-electron chi connectivity index (χ3n) is 4.93. The van der Waals surface area contributed by atoms with Crippen LogP contribution in [0.2, 0.25) is 0 Å². The number of aliphatic hydroxyl groups is 1. The zero-order valence-corrected chi connectivity index (χ0v) is 12.9. The Balaban J connectivity index is 1.72. The summed E-state index contributed by atoms with van der Waals surface area (Å²) in [7, 11) is 0. The first-order valence-electron chi connectivity index (χ1n) is 8.06. The smallest absolute Gasteiger partial charge is 0.244 e. The standard InChI is InChI=1S/C17H23FN2O2/c1-12(21)13-5-4-9-19(11-13)16-8-10-20(17(16)22)15-7-3-2-6-14(15)18/h2-3,6-7,12-13,16,21H,4-5,8-11H2,1H3. The Bertz CT molecular complexity index is 549. The van der Waals surface area contributed by atoms with Gasteiger partial charge in [0.25, 0.3) is 0 Å². The number of rotatable bonds is 3. The number of halogens is 1. The fraction of sp³-hybridized carbons (Fsp3) is 0.588. The molecule has 3 atom stereocenters. The molecule has 0 radical (unpaired) electrons. The van der Waals surface area contributed by atoms with E-state index >= 15 is 0 Å². The normalized spacial score (nSPS) is 28.1. The SMILES string of the molecule is CC(O)C1CCCN(C2CCN(c3ccccc3F)C2=O)C1. The highest BCUT2D eigenvalue weighted by atomic mass is 19.1. The van der Waals surface area contributed by atoms with Crippen molar-refractivity contribution in [2.75, 3.05) is 24.5 Å². The van der Waals surface area contributed by atoms with E-state index in [9.17, 15) is 14.3 Å². The minimum Gasteiger partial charge on any atom is -0.393 e. The molecule has 0 aromatic heterocycles. The molecule has 3 rings (SSSR count). The monoisotopic (exact) mass is 306 g/mol. The number of piperidine rings is 1. The lowest BCUT2D eigenvalue weighted by molar-refractivity contribution is -0.122. The van der Waals surface area contributed by atoms with Gasteiger partial charge < -0.3 is 10.0 Å². The van der Waals surface area contributed by atoms with Crippen LogP contribution < -0.4 is 4.90 Å². The summed E-state index contributed by atoms with van der Waals surface area (Å²) in [5.41, 5.74) is 0.374. The fourth-order valence-corrected chi connectivity index (χ4v) is 3.63. The second-order valence-corrected chi connectivity index (χ2v) is 6.38. The lowest BCUT2D eigenvalue weighted by Gasteiger charge is -2.37. The van der Waals surface area contributed by atoms with Crippen LogP contribution >= 0.6 is 0 Å². The van der Waals surface area contributed by atoms with E-state index in [4.69, 9.17) is 0 Å². The maximum Gasteiger partial charge on any atom is 0.244 e. The number of carbonyl (C=O) groups excluding carboxylic acids is 1. The molecule has 1 amide bonds. The van der Waals surface area contributed by atoms with Crippen molar-refractivity contribution in [2.45, 2.75) is 38.3 Å². The number of anilines is 1. The number of amides is 1. The van der Waals surface area contributed by atoms with Gasteiger partial charge in [-0.1, -0.05) is 12.1 Å². The molecule has 4 nitrogen and oxygen atoms in total. The van der Waals surface area contributed by atoms with E-state index in [2.05, 4.69) is 4.90 Å². The molecular formula is C17H23FN2O2. The van der Waals surface area contributed by atoms with Gasteiger partial charge in [0.1, 0.15) is 5.82 Å². The molecule has 2 heterocycles. The van der Waals surface area contributed by atoms with Gasteiger partial charge in [0.2, 0.25) is 5.91 Å². The number of benzene rings is 1. The van der Waals surface area contributed by atoms with Gasteiger partial charge in [-0.3, -0.25) is 9.69 Å². The number of likely N-dealkylation sites (tertiary alicyclic amines) is 1. The Labute approximate surface area is 130 Å². The molecule has 1 aromatic carbocycles. The highest BCUT2D eigenvalue weighted by Gasteiger charge is 2.39. The summed E-state index contributed by atoms with van der Waals surface area (Å²) in [6.45, 7) is 4.00. The van der Waals surface area contributed by atoms with Crippen molar-refractivity contribution in [1.82, 2.24) is 4.90 Å². The Hall–Kier alpha value is -1.46. The molecule has 0 spiro atoms. The highest BCUT2D eigenvalue weighted by molar-refractivity contribution is 5.99. The Morgan fingerprint density at radius 1 is 1.27 bits per heavy atom. The summed E-state index contributed by atoms with van der Waals surface area (Å²) in [6, 6.07) is 6.25. The molecular weight excluding hydrogens is 283 g/mol. The minimum atomic E-state index is -0.350. The maximum absolute atomic E-state index is 13.9. The molecule has 2 fully saturated rings. The predicted molar refractivity (Wildman–Crippen MR) is 83.1 cm³/mol. The van der Waals surface area contributed by atoms with Crippen LogP contribution in [0.1, 0.15) is 26.2 Å². The van der Waals surface area contributed by atoms with E-state index in [1.165, 1.54) is 6.07 Å². The van der Waals surface area contributed by atoms with Gasteiger partial charge in [0.15, 0.2) is 0 Å². The second-order valence-electron chi connectivity index (χ2n) is 6.38. The van der Waals surface area contributed by atoms with Crippen LogP contribution in [0.25, 0.3) is 0 Å². The minimum absolute atomic E-state index is 0.0173. The quantitative estimate of drug-likeness (QED) is 0.929. The van der Waals surface area contributed by atoms with Crippen LogP contribution in [0.15, 0.2) is 24.3 Å². The van der Waals surface area contributed by atoms with Crippen LogP contribution in [0.5, 0.6) is 0 Å². The van der Waals surface area contributed by atoms with E-state index in [0.29, 0.717) is 12.2 Å². The molecule has 120 valence electrons. The van der Waals surface area contributed by atoms with E-state index in [1.54, 1.807) is 23.1 Å². The van der Waals surface area contributed by atoms with Gasteiger partial charge in [-0.15, -0.1) is 0 Å². The lowest BCUT2D eigenvalue weighted by atomic mass is 9.92. The molecule has 2 aliphatic rings. The predicted octanol–water partition coefficient (Wildman–Crippen LogP) is 2.02. The van der Waals surface area contributed by atoms with Crippen LogP contribution in [-0.4, -0.2) is 47.7 Å². The number of carbonyl (C=O) groups is 1. The van der Waals surface area contributed by atoms with Crippen LogP contribution in [-0.2, 0) is 4.79 Å². The summed E-state index contributed by atoms with van der Waals surface area (Å²) in [4.78, 5) is 16.4. The zero-order valence-electron chi connectivity index (χ0n) is 12.9. The van der Waals surface area contributed by atoms with Crippen LogP contribution in [0.4, 0.5) is 10.1 Å². The first kappa shape index (κ1) is 15.4. The molecule has 1 N–H and O–H groups in total. The Morgan fingerprint density at radius 3 is 2.77 bits per heavy atom. The molecule has 0 bridgehead atoms. The summed E-state index contributed by atoms with van der Waals surface area (Å²) in [5, 5.41) is 9.80. The third-order valence-corrected chi connectivity index (χ3v) is 4.93. The van der Waals surface area contributed by atoms with E-state index in [1.807, 2.05) is 6.92 Å². The number of hydrogen-bond acceptors (Lipinski definition) is 3. The molecule has 5 heteroatoms. The van der Waals surface area contributed by atoms with Crippen LogP contribution in [0, 0.1) is 11.7 Å². The van der Waals surface area contributed by atoms with Crippen molar-refractivity contribution in [3.8, 4) is 0 Å². The van der Waals surface area contributed by atoms with Gasteiger partial charge in [0, 0.05) is 13.1 Å². The zero-order chi connectivity index (χ0) is 15.7. The van der Waals surface area contributed by atoms with Gasteiger partial charge >= 0.3 is 0 Å². The highest BCUT2D eigenvalue weighted by Crippen LogP contribution is 2.29. The molecule has 0 aliphatic carbocycles. The van der Waals surface area contributed by atoms with Crippen molar-refractivity contribution >= 4 is 11.6 Å². The topological polar surface area (TPSA) is 43.8 Å². The van der Waals surface area contributed by atoms with Crippen molar-refractivity contribution in [2.24, 2.45) is 5.92 Å². The van der Waals surface area contributed by atoms with Crippen molar-refractivity contribution in [3.05, 3.63) is 30.1 Å². The molecule has 2 aliphatic heterocycles. The number of nitrogens with zero attached hydrogens (tertiary/aromatic N) is 2. The van der Waals surface area contributed by atoms with Crippen molar-refractivity contribution in [3.63, 3.8) is 0 Å². The summed E-state index contributed by atoms with van der Waals surface area (Å²) >= 11 is 0. The average molecular weight is 306 g/mol. The Morgan fingerprint density at radius 2 is 2.05 bits per heavy atom. The maximum atomic E-state index is 13.9. The number of hydrogen-bond donors (Lipinski definition) is 1. The summed E-state index contributed by atoms with van der Waals surface area (Å²) in [6.07, 6.45) is 2.38. The molecule has 22 heavy (non-hydrogen) atoms. The van der Waals surface area contributed by atoms with E-state index in [-0.39, 0.29) is 29.8 Å². The number of para-hydroxylation sites is 1. The average Bonchev–Trinajstić information content (AvgIpc) is 2.89. The summed E-state index contributed by atoms with van der Waals surface area (Å²) in [5.74, 6) is -0.141. The summed E-state index contributed by atoms with van der Waals surface area (Å²) < 4.78 is 13.9. The van der Waals surface area contributed by atoms with Crippen LogP contribution in [0.3, 0.4) is 0 Å². The number of aliphatic hydroxyl groups excluding tert-OH is 1. The second kappa shape index (κ2) is 6.34. The molecule has 0 saturated carbocycles. The molecule has 2 saturated heterocycles. The van der Waals surface area contributed by atoms with E-state index in [0.717, 1.165) is 32.4 Å². The van der Waals surface area contributed by atoms with Gasteiger partial charge in [0.05, 0.1) is 17.8 Å². The van der Waals surface area contributed by atoms with E-state index < -0.39 is 0 Å². The molecule has 3 unspecified atom stereocenters.